The molecule has 0 bridgehead atoms. The molecule has 0 spiro atoms. The van der Waals surface area contributed by atoms with Gasteiger partial charge in [0.2, 0.25) is 0 Å². The Labute approximate surface area is 106 Å². The molecule has 0 atom stereocenters. The number of rotatable bonds is 2. The Hall–Kier alpha value is -1.75. The van der Waals surface area contributed by atoms with Crippen molar-refractivity contribution < 1.29 is 9.18 Å². The van der Waals surface area contributed by atoms with Gasteiger partial charge in [0.25, 0.3) is 0 Å². The van der Waals surface area contributed by atoms with Crippen molar-refractivity contribution in [2.75, 3.05) is 5.73 Å². The molecule has 3 nitrogen and oxygen atoms in total. The second kappa shape index (κ2) is 4.63. The third-order valence-electron chi connectivity index (χ3n) is 2.20. The first-order valence-electron chi connectivity index (χ1n) is 4.78. The van der Waals surface area contributed by atoms with Crippen LogP contribution in [0.4, 0.5) is 10.1 Å². The van der Waals surface area contributed by atoms with Gasteiger partial charge in [0, 0.05) is 27.5 Å². The van der Waals surface area contributed by atoms with Crippen molar-refractivity contribution in [3.63, 3.8) is 0 Å². The smallest absolute Gasteiger partial charge is 0.195 e. The fourth-order valence-corrected chi connectivity index (χ4v) is 1.84. The molecule has 5 heteroatoms. The van der Waals surface area contributed by atoms with Crippen LogP contribution in [0.15, 0.2) is 41.1 Å². The Morgan fingerprint density at radius 1 is 1.29 bits per heavy atom. The number of aromatic nitrogens is 1. The number of carbonyl (C=O) groups excluding carboxylic acids is 1. The van der Waals surface area contributed by atoms with E-state index in [-0.39, 0.29) is 11.3 Å². The molecule has 0 aliphatic carbocycles. The Bertz CT molecular complexity index is 586. The highest BCUT2D eigenvalue weighted by Crippen LogP contribution is 2.22. The van der Waals surface area contributed by atoms with Crippen LogP contribution in [0.1, 0.15) is 15.9 Å². The lowest BCUT2D eigenvalue weighted by Crippen LogP contribution is -2.04. The van der Waals surface area contributed by atoms with E-state index < -0.39 is 5.82 Å². The van der Waals surface area contributed by atoms with E-state index in [0.717, 1.165) is 12.3 Å². The molecule has 1 aromatic heterocycles. The number of hydrogen-bond donors (Lipinski definition) is 1. The van der Waals surface area contributed by atoms with E-state index in [2.05, 4.69) is 20.9 Å². The van der Waals surface area contributed by atoms with Gasteiger partial charge in [-0.1, -0.05) is 15.9 Å². The SMILES string of the molecule is Nc1ccc(Br)c(C(=O)c2cncc(F)c2)c1. The number of carbonyl (C=O) groups is 1. The molecule has 0 saturated carbocycles. The topological polar surface area (TPSA) is 56.0 Å². The maximum Gasteiger partial charge on any atom is 0.195 e. The largest absolute Gasteiger partial charge is 0.399 e. The molecular weight excluding hydrogens is 287 g/mol. The van der Waals surface area contributed by atoms with E-state index in [1.165, 1.54) is 12.3 Å². The number of anilines is 1. The van der Waals surface area contributed by atoms with Crippen LogP contribution in [0.2, 0.25) is 0 Å². The maximum absolute atomic E-state index is 13.0. The Balaban J connectivity index is 2.47. The molecule has 2 N–H and O–H groups in total. The summed E-state index contributed by atoms with van der Waals surface area (Å²) in [5.41, 5.74) is 6.66. The van der Waals surface area contributed by atoms with E-state index in [0.29, 0.717) is 15.7 Å². The number of ketones is 1. The standard InChI is InChI=1S/C12H8BrFN2O/c13-11-2-1-9(15)4-10(11)12(17)7-3-8(14)6-16-5-7/h1-6H,15H2. The van der Waals surface area contributed by atoms with Crippen LogP contribution in [-0.2, 0) is 0 Å². The van der Waals surface area contributed by atoms with Crippen LogP contribution >= 0.6 is 15.9 Å². The van der Waals surface area contributed by atoms with Gasteiger partial charge in [0.15, 0.2) is 5.78 Å². The van der Waals surface area contributed by atoms with Gasteiger partial charge in [-0.05, 0) is 24.3 Å². The van der Waals surface area contributed by atoms with E-state index in [4.69, 9.17) is 5.73 Å². The fourth-order valence-electron chi connectivity index (χ4n) is 1.41. The van der Waals surface area contributed by atoms with Crippen LogP contribution < -0.4 is 5.73 Å². The summed E-state index contributed by atoms with van der Waals surface area (Å²) in [4.78, 5) is 15.7. The molecule has 0 saturated heterocycles. The number of nitrogen functional groups attached to an aromatic ring is 1. The molecule has 86 valence electrons. The first kappa shape index (κ1) is 11.7. The molecule has 1 heterocycles. The van der Waals surface area contributed by atoms with Crippen molar-refractivity contribution in [1.82, 2.24) is 4.98 Å². The number of pyridine rings is 1. The van der Waals surface area contributed by atoms with Crippen LogP contribution in [-0.4, -0.2) is 10.8 Å². The minimum atomic E-state index is -0.545. The van der Waals surface area contributed by atoms with Crippen LogP contribution in [0.5, 0.6) is 0 Å². The summed E-state index contributed by atoms with van der Waals surface area (Å²) < 4.78 is 13.6. The fraction of sp³-hybridized carbons (Fsp3) is 0. The number of hydrogen-bond acceptors (Lipinski definition) is 3. The van der Waals surface area contributed by atoms with E-state index in [9.17, 15) is 9.18 Å². The maximum atomic E-state index is 13.0. The zero-order valence-electron chi connectivity index (χ0n) is 8.65. The van der Waals surface area contributed by atoms with Gasteiger partial charge in [-0.2, -0.15) is 0 Å². The van der Waals surface area contributed by atoms with Crippen molar-refractivity contribution in [3.05, 3.63) is 58.1 Å². The van der Waals surface area contributed by atoms with Gasteiger partial charge in [-0.3, -0.25) is 9.78 Å². The highest BCUT2D eigenvalue weighted by Gasteiger charge is 2.13. The zero-order valence-corrected chi connectivity index (χ0v) is 10.2. The van der Waals surface area contributed by atoms with Crippen LogP contribution in [0.3, 0.4) is 0 Å². The summed E-state index contributed by atoms with van der Waals surface area (Å²) in [6.45, 7) is 0. The van der Waals surface area contributed by atoms with Gasteiger partial charge >= 0.3 is 0 Å². The minimum absolute atomic E-state index is 0.191. The van der Waals surface area contributed by atoms with Crippen molar-refractivity contribution in [3.8, 4) is 0 Å². The summed E-state index contributed by atoms with van der Waals surface area (Å²) in [6, 6.07) is 6.03. The van der Waals surface area contributed by atoms with Crippen LogP contribution in [0, 0.1) is 5.82 Å². The highest BCUT2D eigenvalue weighted by molar-refractivity contribution is 9.10. The molecule has 0 aliphatic rings. The van der Waals surface area contributed by atoms with Crippen molar-refractivity contribution in [1.29, 1.82) is 0 Å². The van der Waals surface area contributed by atoms with Crippen molar-refractivity contribution in [2.45, 2.75) is 0 Å². The molecule has 2 aromatic rings. The minimum Gasteiger partial charge on any atom is -0.399 e. The molecule has 0 fully saturated rings. The lowest BCUT2D eigenvalue weighted by atomic mass is 10.0. The number of benzene rings is 1. The summed E-state index contributed by atoms with van der Waals surface area (Å²) >= 11 is 3.26. The number of nitrogens with two attached hydrogens (primary N) is 1. The lowest BCUT2D eigenvalue weighted by molar-refractivity contribution is 0.103. The predicted octanol–water partition coefficient (Wildman–Crippen LogP) is 2.80. The number of nitrogens with zero attached hydrogens (tertiary/aromatic N) is 1. The molecule has 0 unspecified atom stereocenters. The second-order valence-electron chi connectivity index (χ2n) is 3.46. The average molecular weight is 295 g/mol. The highest BCUT2D eigenvalue weighted by atomic mass is 79.9. The van der Waals surface area contributed by atoms with Gasteiger partial charge < -0.3 is 5.73 Å². The van der Waals surface area contributed by atoms with Gasteiger partial charge in [0.1, 0.15) is 5.82 Å². The van der Waals surface area contributed by atoms with Gasteiger partial charge in [-0.25, -0.2) is 4.39 Å². The molecule has 2 rings (SSSR count). The first-order valence-corrected chi connectivity index (χ1v) is 5.57. The van der Waals surface area contributed by atoms with Crippen LogP contribution in [0.25, 0.3) is 0 Å². The Kier molecular flexibility index (Phi) is 3.19. The Morgan fingerprint density at radius 3 is 2.76 bits per heavy atom. The lowest BCUT2D eigenvalue weighted by Gasteiger charge is -2.04. The third kappa shape index (κ3) is 2.50. The van der Waals surface area contributed by atoms with E-state index >= 15 is 0 Å². The van der Waals surface area contributed by atoms with Crippen molar-refractivity contribution in [2.24, 2.45) is 0 Å². The summed E-state index contributed by atoms with van der Waals surface area (Å²) in [5, 5.41) is 0. The van der Waals surface area contributed by atoms with E-state index in [1.54, 1.807) is 12.1 Å². The summed E-state index contributed by atoms with van der Waals surface area (Å²) in [6.07, 6.45) is 2.37. The first-order chi connectivity index (χ1) is 8.08. The molecule has 0 radical (unpaired) electrons. The Morgan fingerprint density at radius 2 is 2.06 bits per heavy atom. The molecule has 17 heavy (non-hydrogen) atoms. The van der Waals surface area contributed by atoms with Crippen molar-refractivity contribution >= 4 is 27.4 Å². The predicted molar refractivity (Wildman–Crippen MR) is 66.2 cm³/mol. The molecule has 0 amide bonds. The third-order valence-corrected chi connectivity index (χ3v) is 2.89. The molecular formula is C12H8BrFN2O. The molecule has 1 aromatic carbocycles. The molecule has 0 aliphatic heterocycles. The monoisotopic (exact) mass is 294 g/mol. The van der Waals surface area contributed by atoms with E-state index in [1.807, 2.05) is 0 Å². The van der Waals surface area contributed by atoms with Gasteiger partial charge in [0.05, 0.1) is 6.20 Å². The summed E-state index contributed by atoms with van der Waals surface area (Å²) in [7, 11) is 0. The normalized spacial score (nSPS) is 10.2. The van der Waals surface area contributed by atoms with Gasteiger partial charge in [-0.15, -0.1) is 0 Å². The second-order valence-corrected chi connectivity index (χ2v) is 4.31. The summed E-state index contributed by atoms with van der Waals surface area (Å²) in [5.74, 6) is -0.868. The number of halogens is 2. The quantitative estimate of drug-likeness (QED) is 0.684. The zero-order chi connectivity index (χ0) is 12.4. The average Bonchev–Trinajstić information content (AvgIpc) is 2.31.